The lowest BCUT2D eigenvalue weighted by molar-refractivity contribution is 0.0449. The molecular formula is C17H34N2O. The maximum atomic E-state index is 5.49. The van der Waals surface area contributed by atoms with Crippen molar-refractivity contribution in [2.45, 2.75) is 70.4 Å². The Bertz CT molecular complexity index is 253. The summed E-state index contributed by atoms with van der Waals surface area (Å²) in [7, 11) is 2.35. The van der Waals surface area contributed by atoms with Gasteiger partial charge in [0.2, 0.25) is 0 Å². The Kier molecular flexibility index (Phi) is 7.32. The maximum Gasteiger partial charge on any atom is 0.0469 e. The molecule has 2 rings (SSSR count). The minimum Gasteiger partial charge on any atom is -0.381 e. The summed E-state index contributed by atoms with van der Waals surface area (Å²) in [6.07, 6.45) is 10.9. The molecule has 3 heteroatoms. The van der Waals surface area contributed by atoms with Crippen molar-refractivity contribution in [1.82, 2.24) is 10.2 Å². The molecule has 0 bridgehead atoms. The standard InChI is InChI=1S/C17H34N2O/c1-3-18-16-8-6-4-5-7-9-17(16)19(2)14-15-10-12-20-13-11-15/h15-18H,3-14H2,1-2H3. The van der Waals surface area contributed by atoms with Crippen LogP contribution in [0.15, 0.2) is 0 Å². The van der Waals surface area contributed by atoms with E-state index in [2.05, 4.69) is 24.2 Å². The van der Waals surface area contributed by atoms with E-state index in [1.165, 1.54) is 57.9 Å². The Morgan fingerprint density at radius 2 is 1.70 bits per heavy atom. The summed E-state index contributed by atoms with van der Waals surface area (Å²) in [4.78, 5) is 2.66. The first-order chi connectivity index (χ1) is 9.81. The highest BCUT2D eigenvalue weighted by Crippen LogP contribution is 2.24. The minimum atomic E-state index is 0.699. The second kappa shape index (κ2) is 9.01. The van der Waals surface area contributed by atoms with Crippen LogP contribution in [0.3, 0.4) is 0 Å². The second-order valence-corrected chi connectivity index (χ2v) is 6.72. The summed E-state index contributed by atoms with van der Waals surface area (Å²) in [6.45, 7) is 6.55. The molecule has 2 atom stereocenters. The van der Waals surface area contributed by atoms with Gasteiger partial charge in [0.25, 0.3) is 0 Å². The van der Waals surface area contributed by atoms with Crippen LogP contribution in [-0.4, -0.2) is 50.3 Å². The van der Waals surface area contributed by atoms with E-state index in [9.17, 15) is 0 Å². The van der Waals surface area contributed by atoms with Gasteiger partial charge in [-0.2, -0.15) is 0 Å². The van der Waals surface area contributed by atoms with Crippen LogP contribution < -0.4 is 5.32 Å². The zero-order valence-electron chi connectivity index (χ0n) is 13.6. The van der Waals surface area contributed by atoms with Gasteiger partial charge in [0, 0.05) is 31.8 Å². The molecule has 1 saturated heterocycles. The molecule has 0 aromatic heterocycles. The molecule has 1 saturated carbocycles. The highest BCUT2D eigenvalue weighted by atomic mass is 16.5. The molecule has 3 nitrogen and oxygen atoms in total. The van der Waals surface area contributed by atoms with Crippen molar-refractivity contribution >= 4 is 0 Å². The third-order valence-corrected chi connectivity index (χ3v) is 5.15. The Morgan fingerprint density at radius 1 is 1.00 bits per heavy atom. The van der Waals surface area contributed by atoms with Crippen LogP contribution in [0.4, 0.5) is 0 Å². The Balaban J connectivity index is 1.89. The SMILES string of the molecule is CCNC1CCCCCCC1N(C)CC1CCOCC1. The average Bonchev–Trinajstić information content (AvgIpc) is 2.43. The number of rotatable bonds is 5. The van der Waals surface area contributed by atoms with E-state index in [1.807, 2.05) is 0 Å². The van der Waals surface area contributed by atoms with Gasteiger partial charge in [0.05, 0.1) is 0 Å². The lowest BCUT2D eigenvalue weighted by Gasteiger charge is -2.39. The minimum absolute atomic E-state index is 0.699. The lowest BCUT2D eigenvalue weighted by atomic mass is 9.90. The van der Waals surface area contributed by atoms with Crippen LogP contribution >= 0.6 is 0 Å². The molecule has 0 aromatic carbocycles. The highest BCUT2D eigenvalue weighted by molar-refractivity contribution is 4.85. The molecule has 0 spiro atoms. The van der Waals surface area contributed by atoms with E-state index >= 15 is 0 Å². The summed E-state index contributed by atoms with van der Waals surface area (Å²) >= 11 is 0. The zero-order chi connectivity index (χ0) is 14.2. The summed E-state index contributed by atoms with van der Waals surface area (Å²) in [5, 5.41) is 3.75. The van der Waals surface area contributed by atoms with Gasteiger partial charge < -0.3 is 15.0 Å². The third-order valence-electron chi connectivity index (χ3n) is 5.15. The molecule has 1 aliphatic carbocycles. The Labute approximate surface area is 125 Å². The van der Waals surface area contributed by atoms with Crippen molar-refractivity contribution in [1.29, 1.82) is 0 Å². The third kappa shape index (κ3) is 5.01. The summed E-state index contributed by atoms with van der Waals surface area (Å²) in [6, 6.07) is 1.43. The topological polar surface area (TPSA) is 24.5 Å². The average molecular weight is 282 g/mol. The first-order valence-corrected chi connectivity index (χ1v) is 8.82. The van der Waals surface area contributed by atoms with Gasteiger partial charge in [-0.15, -0.1) is 0 Å². The summed E-state index contributed by atoms with van der Waals surface area (Å²) in [5.41, 5.74) is 0. The fourth-order valence-corrected chi connectivity index (χ4v) is 3.96. The molecule has 0 radical (unpaired) electrons. The molecule has 118 valence electrons. The van der Waals surface area contributed by atoms with Crippen molar-refractivity contribution < 1.29 is 4.74 Å². The molecular weight excluding hydrogens is 248 g/mol. The first kappa shape index (κ1) is 16.3. The normalized spacial score (nSPS) is 30.1. The predicted molar refractivity (Wildman–Crippen MR) is 85.1 cm³/mol. The molecule has 2 unspecified atom stereocenters. The van der Waals surface area contributed by atoms with Gasteiger partial charge in [0.1, 0.15) is 0 Å². The second-order valence-electron chi connectivity index (χ2n) is 6.72. The van der Waals surface area contributed by atoms with Crippen LogP contribution in [0.1, 0.15) is 58.3 Å². The van der Waals surface area contributed by atoms with Gasteiger partial charge in [0.15, 0.2) is 0 Å². The van der Waals surface area contributed by atoms with Crippen LogP contribution in [0.5, 0.6) is 0 Å². The van der Waals surface area contributed by atoms with Crippen molar-refractivity contribution in [2.24, 2.45) is 5.92 Å². The molecule has 2 aliphatic rings. The molecule has 0 aromatic rings. The number of hydrogen-bond acceptors (Lipinski definition) is 3. The van der Waals surface area contributed by atoms with Crippen LogP contribution in [0.2, 0.25) is 0 Å². The lowest BCUT2D eigenvalue weighted by Crippen LogP contribution is -2.50. The van der Waals surface area contributed by atoms with E-state index < -0.39 is 0 Å². The molecule has 0 amide bonds. The number of likely N-dealkylation sites (N-methyl/N-ethyl adjacent to an activating group) is 2. The van der Waals surface area contributed by atoms with Crippen molar-refractivity contribution in [2.75, 3.05) is 33.4 Å². The van der Waals surface area contributed by atoms with Crippen molar-refractivity contribution in [3.05, 3.63) is 0 Å². The van der Waals surface area contributed by atoms with E-state index in [-0.39, 0.29) is 0 Å². The zero-order valence-corrected chi connectivity index (χ0v) is 13.6. The fourth-order valence-electron chi connectivity index (χ4n) is 3.96. The Morgan fingerprint density at radius 3 is 2.40 bits per heavy atom. The molecule has 1 N–H and O–H groups in total. The van der Waals surface area contributed by atoms with E-state index in [0.717, 1.165) is 31.7 Å². The number of hydrogen-bond donors (Lipinski definition) is 1. The summed E-state index contributed by atoms with van der Waals surface area (Å²) in [5.74, 6) is 0.849. The maximum absolute atomic E-state index is 5.49. The number of ether oxygens (including phenoxy) is 1. The van der Waals surface area contributed by atoms with E-state index in [4.69, 9.17) is 4.74 Å². The predicted octanol–water partition coefficient (Wildman–Crippen LogP) is 3.05. The van der Waals surface area contributed by atoms with Gasteiger partial charge in [-0.25, -0.2) is 0 Å². The smallest absolute Gasteiger partial charge is 0.0469 e. The largest absolute Gasteiger partial charge is 0.381 e. The van der Waals surface area contributed by atoms with E-state index in [1.54, 1.807) is 0 Å². The van der Waals surface area contributed by atoms with Crippen LogP contribution in [-0.2, 0) is 4.74 Å². The van der Waals surface area contributed by atoms with Crippen molar-refractivity contribution in [3.63, 3.8) is 0 Å². The number of nitrogens with zero attached hydrogens (tertiary/aromatic N) is 1. The van der Waals surface area contributed by atoms with Crippen LogP contribution in [0.25, 0.3) is 0 Å². The monoisotopic (exact) mass is 282 g/mol. The molecule has 1 aliphatic heterocycles. The van der Waals surface area contributed by atoms with Gasteiger partial charge in [-0.1, -0.05) is 32.6 Å². The fraction of sp³-hybridized carbons (Fsp3) is 1.00. The molecule has 1 heterocycles. The quantitative estimate of drug-likeness (QED) is 0.839. The molecule has 20 heavy (non-hydrogen) atoms. The Hall–Kier alpha value is -0.120. The highest BCUT2D eigenvalue weighted by Gasteiger charge is 2.27. The molecule has 2 fully saturated rings. The van der Waals surface area contributed by atoms with Gasteiger partial charge >= 0.3 is 0 Å². The van der Waals surface area contributed by atoms with E-state index in [0.29, 0.717) is 6.04 Å². The van der Waals surface area contributed by atoms with Gasteiger partial charge in [-0.05, 0) is 45.2 Å². The summed E-state index contributed by atoms with van der Waals surface area (Å²) < 4.78 is 5.49. The van der Waals surface area contributed by atoms with Gasteiger partial charge in [-0.3, -0.25) is 0 Å². The first-order valence-electron chi connectivity index (χ1n) is 8.82. The van der Waals surface area contributed by atoms with Crippen molar-refractivity contribution in [3.8, 4) is 0 Å². The van der Waals surface area contributed by atoms with Crippen LogP contribution in [0, 0.1) is 5.92 Å². The number of nitrogens with one attached hydrogen (secondary N) is 1.